The first-order valence-electron chi connectivity index (χ1n) is 33.4. The number of ketones is 1. The smallest absolute Gasteiger partial charge is 0.182 e. The number of carbonyl (C=O) groups excluding carboxylic acids is 1. The maximum atomic E-state index is 16.4. The van der Waals surface area contributed by atoms with E-state index in [4.69, 9.17) is 15.2 Å². The number of aliphatic hydroxyl groups is 9. The summed E-state index contributed by atoms with van der Waals surface area (Å²) in [6.07, 6.45) is 24.8. The van der Waals surface area contributed by atoms with Crippen molar-refractivity contribution in [2.24, 2.45) is 74.7 Å². The topological polar surface area (TPSA) is 280 Å². The van der Waals surface area contributed by atoms with Crippen molar-refractivity contribution in [2.45, 2.75) is 252 Å². The highest BCUT2D eigenvalue weighted by Crippen LogP contribution is 2.83. The number of nitrogens with one attached hydrogen (secondary N) is 3. The Kier molecular flexibility index (Phi) is 15.6. The van der Waals surface area contributed by atoms with Crippen molar-refractivity contribution in [1.82, 2.24) is 16.0 Å². The van der Waals surface area contributed by atoms with Crippen LogP contribution in [0.5, 0.6) is 0 Å². The van der Waals surface area contributed by atoms with Crippen LogP contribution in [-0.2, 0) is 14.3 Å². The summed E-state index contributed by atoms with van der Waals surface area (Å²) < 4.78 is 13.8. The predicted molar refractivity (Wildman–Crippen MR) is 316 cm³/mol. The van der Waals surface area contributed by atoms with E-state index in [1.807, 2.05) is 24.3 Å². The first-order valence-corrected chi connectivity index (χ1v) is 33.4. The van der Waals surface area contributed by atoms with Gasteiger partial charge in [0.05, 0.1) is 76.8 Å². The quantitative estimate of drug-likeness (QED) is 0.0833. The molecule has 3 heterocycles. The molecular formula is C68H102N4O12. The zero-order valence-electron chi connectivity index (χ0n) is 50.4. The van der Waals surface area contributed by atoms with E-state index >= 15 is 15.0 Å². The highest BCUT2D eigenvalue weighted by atomic mass is 16.5. The Morgan fingerprint density at radius 2 is 1.65 bits per heavy atom. The normalized spacial score (nSPS) is 50.0. The first kappa shape index (κ1) is 60.0. The first-order chi connectivity index (χ1) is 40.1. The molecule has 3 aliphatic heterocycles. The molecule has 16 nitrogen and oxygen atoms in total. The van der Waals surface area contributed by atoms with E-state index in [2.05, 4.69) is 47.3 Å². The number of rotatable bonds is 16. The minimum Gasteiger partial charge on any atom is -0.396 e. The van der Waals surface area contributed by atoms with Gasteiger partial charge in [0, 0.05) is 71.1 Å². The molecule has 0 aromatic carbocycles. The van der Waals surface area contributed by atoms with Gasteiger partial charge in [0.25, 0.3) is 0 Å². The van der Waals surface area contributed by atoms with E-state index in [0.717, 1.165) is 81.9 Å². The molecule has 1 saturated heterocycles. The Morgan fingerprint density at radius 3 is 2.42 bits per heavy atom. The average molecular weight is 1170 g/mol. The molecule has 0 radical (unpaired) electrons. The minimum absolute atomic E-state index is 0.00212. The SMILES string of the molecule is CCCC1CCC2OC3C(C(O)CCCC3(O)C(C)(O)C3CCC4(O)C5=C(NCC(C)O)C(=O)C6CC(O)C(O)CC67CC6(C8=C(CCCO)NC(N)C=C8)C=CC(O)(CC34C3CCC(CCOC4CC8C=CNC8C4)CC3)C57C=C6)C2CC1. The molecular weight excluding hydrogens is 1060 g/mol. The Bertz CT molecular complexity index is 2700. The monoisotopic (exact) mass is 1170 g/mol. The third-order valence-electron chi connectivity index (χ3n) is 26.0. The largest absolute Gasteiger partial charge is 0.396 e. The van der Waals surface area contributed by atoms with Gasteiger partial charge in [-0.3, -0.25) is 4.79 Å². The molecule has 16 heteroatoms. The van der Waals surface area contributed by atoms with Gasteiger partial charge in [-0.05, 0) is 183 Å². The Hall–Kier alpha value is -2.97. The number of aliphatic hydroxyl groups excluding tert-OH is 5. The highest BCUT2D eigenvalue weighted by Gasteiger charge is 2.85. The second kappa shape index (κ2) is 21.9. The number of dihydropyridines is 1. The summed E-state index contributed by atoms with van der Waals surface area (Å²) in [4.78, 5) is 16.4. The Balaban J connectivity index is 0.976. The van der Waals surface area contributed by atoms with Crippen LogP contribution < -0.4 is 21.7 Å². The number of nitrogens with two attached hydrogens (primary N) is 1. The molecule has 0 amide bonds. The van der Waals surface area contributed by atoms with Gasteiger partial charge < -0.3 is 77.1 Å². The van der Waals surface area contributed by atoms with E-state index in [1.54, 1.807) is 13.8 Å². The summed E-state index contributed by atoms with van der Waals surface area (Å²) in [6, 6.07) is 0.433. The van der Waals surface area contributed by atoms with Gasteiger partial charge in [-0.2, -0.15) is 0 Å². The molecule has 0 aromatic rings. The third kappa shape index (κ3) is 8.79. The maximum Gasteiger partial charge on any atom is 0.182 e. The number of carbonyl (C=O) groups is 1. The lowest BCUT2D eigenvalue weighted by Crippen LogP contribution is -2.78. The lowest BCUT2D eigenvalue weighted by Gasteiger charge is -2.74. The second-order valence-electron chi connectivity index (χ2n) is 30.1. The number of Topliss-reactive ketones (excluding diaryl/α,β-unsaturated/α-hetero) is 1. The van der Waals surface area contributed by atoms with Gasteiger partial charge in [0.15, 0.2) is 5.78 Å². The molecule has 7 saturated carbocycles. The molecule has 23 atom stereocenters. The third-order valence-corrected chi connectivity index (χ3v) is 26.0. The van der Waals surface area contributed by atoms with Gasteiger partial charge in [-0.1, -0.05) is 75.5 Å². The van der Waals surface area contributed by atoms with Crippen LogP contribution in [0.2, 0.25) is 0 Å². The second-order valence-corrected chi connectivity index (χ2v) is 30.1. The standard InChI is InChI=1S/C68H102N4O12/c1-4-7-40-12-16-45-53(18-13-40)84-60-56(45)50(75)9-5-23-68(60,82)61(3,79)54-20-24-67(81)59-57(71-36-39(2)74)58(78)47-34-51(76)52(77)35-63(47)37-62(46-17-19-55(69)72-48(46)8-6-30-73)25-27-64(80,66(59,63)28-26-62)38-65(54,67)43-14-10-41(11-15-43)22-31-83-44-32-42-21-29-70-49(42)33-44/h17,19,21,25-29,39-45,47,49-56,60,70-77,79-82H,4-16,18,20,22-24,30-38,69H2,1-3H3. The summed E-state index contributed by atoms with van der Waals surface area (Å²) in [6.45, 7) is 6.16. The molecule has 14 N–H and O–H groups in total. The van der Waals surface area contributed by atoms with Gasteiger partial charge in [0.2, 0.25) is 0 Å². The van der Waals surface area contributed by atoms with Gasteiger partial charge in [-0.25, -0.2) is 0 Å². The van der Waals surface area contributed by atoms with Crippen LogP contribution in [0.1, 0.15) is 175 Å². The van der Waals surface area contributed by atoms with Crippen LogP contribution in [-0.4, -0.2) is 149 Å². The summed E-state index contributed by atoms with van der Waals surface area (Å²) in [5.74, 6) is -1.56. The van der Waals surface area contributed by atoms with Crippen molar-refractivity contribution in [3.8, 4) is 0 Å². The lowest BCUT2D eigenvalue weighted by molar-refractivity contribution is -0.285. The summed E-state index contributed by atoms with van der Waals surface area (Å²) >= 11 is 0. The zero-order valence-corrected chi connectivity index (χ0v) is 50.4. The predicted octanol–water partition coefficient (Wildman–Crippen LogP) is 5.64. The Labute approximate surface area is 498 Å². The van der Waals surface area contributed by atoms with Crippen molar-refractivity contribution >= 4 is 5.78 Å². The van der Waals surface area contributed by atoms with E-state index in [0.29, 0.717) is 74.5 Å². The van der Waals surface area contributed by atoms with Gasteiger partial charge >= 0.3 is 0 Å². The summed E-state index contributed by atoms with van der Waals surface area (Å²) in [5.41, 5.74) is -4.43. The van der Waals surface area contributed by atoms with Crippen molar-refractivity contribution in [2.75, 3.05) is 19.8 Å². The summed E-state index contributed by atoms with van der Waals surface area (Å²) in [5, 5.41) is 127. The van der Waals surface area contributed by atoms with Crippen LogP contribution in [0.25, 0.3) is 0 Å². The van der Waals surface area contributed by atoms with Crippen molar-refractivity contribution < 1.29 is 60.2 Å². The Morgan fingerprint density at radius 1 is 0.893 bits per heavy atom. The van der Waals surface area contributed by atoms with E-state index < -0.39 is 98.5 Å². The fraction of sp³-hybridized carbons (Fsp3) is 0.809. The van der Waals surface area contributed by atoms with Crippen LogP contribution in [0, 0.1) is 69.0 Å². The van der Waals surface area contributed by atoms with Crippen LogP contribution >= 0.6 is 0 Å². The van der Waals surface area contributed by atoms with Gasteiger partial charge in [0.1, 0.15) is 5.60 Å². The van der Waals surface area contributed by atoms with Crippen molar-refractivity contribution in [3.63, 3.8) is 0 Å². The zero-order chi connectivity index (χ0) is 59.0. The molecule has 14 aliphatic rings. The molecule has 8 fully saturated rings. The molecule has 2 spiro atoms. The van der Waals surface area contributed by atoms with Crippen molar-refractivity contribution in [1.29, 1.82) is 0 Å². The number of hydrogen-bond donors (Lipinski definition) is 13. The molecule has 2 bridgehead atoms. The van der Waals surface area contributed by atoms with E-state index in [9.17, 15) is 35.7 Å². The number of ether oxygens (including phenoxy) is 2. The minimum atomic E-state index is -1.99. The fourth-order valence-electron chi connectivity index (χ4n) is 22.4. The van der Waals surface area contributed by atoms with Crippen LogP contribution in [0.4, 0.5) is 0 Å². The molecule has 14 rings (SSSR count). The molecule has 11 aliphatic carbocycles. The number of hydrogen-bond acceptors (Lipinski definition) is 16. The fourth-order valence-corrected chi connectivity index (χ4v) is 22.4. The number of allylic oxidation sites excluding steroid dienone is 6. The molecule has 84 heavy (non-hydrogen) atoms. The lowest BCUT2D eigenvalue weighted by atomic mass is 9.30. The molecule has 0 aromatic heterocycles. The van der Waals surface area contributed by atoms with E-state index in [-0.39, 0.29) is 93.6 Å². The molecule has 23 unspecified atom stereocenters. The number of fused-ring (bicyclic) bond motifs is 6. The summed E-state index contributed by atoms with van der Waals surface area (Å²) in [7, 11) is 0. The average Bonchev–Trinajstić information content (AvgIpc) is 1.21. The van der Waals surface area contributed by atoms with E-state index in [1.165, 1.54) is 0 Å². The highest BCUT2D eigenvalue weighted by molar-refractivity contribution is 6.01. The van der Waals surface area contributed by atoms with Crippen LogP contribution in [0.3, 0.4) is 0 Å². The van der Waals surface area contributed by atoms with Gasteiger partial charge in [-0.15, -0.1) is 0 Å². The van der Waals surface area contributed by atoms with Crippen molar-refractivity contribution in [3.05, 3.63) is 71.3 Å². The maximum absolute atomic E-state index is 16.4. The van der Waals surface area contributed by atoms with Crippen LogP contribution in [0.15, 0.2) is 71.3 Å². The molecule has 466 valence electrons.